The summed E-state index contributed by atoms with van der Waals surface area (Å²) in [7, 11) is 3.11. The van der Waals surface area contributed by atoms with Crippen LogP contribution in [0.1, 0.15) is 21.7 Å². The Morgan fingerprint density at radius 3 is 2.64 bits per heavy atom. The van der Waals surface area contributed by atoms with Crippen molar-refractivity contribution in [3.05, 3.63) is 89.5 Å². The van der Waals surface area contributed by atoms with Gasteiger partial charge in [-0.3, -0.25) is 4.79 Å². The van der Waals surface area contributed by atoms with E-state index in [1.807, 2.05) is 24.3 Å². The van der Waals surface area contributed by atoms with Crippen LogP contribution in [0, 0.1) is 5.82 Å². The lowest BCUT2D eigenvalue weighted by Gasteiger charge is -2.11. The molecule has 4 aromatic rings. The average Bonchev–Trinajstić information content (AvgIpc) is 3.27. The second-order valence-electron chi connectivity index (χ2n) is 6.91. The first kappa shape index (κ1) is 22.2. The van der Waals surface area contributed by atoms with Crippen LogP contribution in [-0.2, 0) is 6.42 Å². The number of para-hydroxylation sites is 1. The highest BCUT2D eigenvalue weighted by atomic mass is 32.1. The fraction of sp³-hybridized carbons (Fsp3) is 0.125. The Labute approximate surface area is 194 Å². The van der Waals surface area contributed by atoms with E-state index in [4.69, 9.17) is 14.2 Å². The van der Waals surface area contributed by atoms with Gasteiger partial charge in [0.25, 0.3) is 11.1 Å². The fourth-order valence-corrected chi connectivity index (χ4v) is 3.63. The summed E-state index contributed by atoms with van der Waals surface area (Å²) in [5, 5.41) is 2.85. The highest BCUT2D eigenvalue weighted by Gasteiger charge is 2.16. The molecule has 33 heavy (non-hydrogen) atoms. The number of hydrogen-bond donors (Lipinski definition) is 1. The molecule has 0 aliphatic rings. The fourth-order valence-electron chi connectivity index (χ4n) is 3.07. The van der Waals surface area contributed by atoms with Crippen molar-refractivity contribution in [2.75, 3.05) is 19.5 Å². The maximum atomic E-state index is 13.9. The molecule has 1 aromatic heterocycles. The van der Waals surface area contributed by atoms with E-state index in [2.05, 4.69) is 14.7 Å². The maximum absolute atomic E-state index is 13.9. The summed E-state index contributed by atoms with van der Waals surface area (Å²) in [5.41, 5.74) is 1.37. The number of ether oxygens (including phenoxy) is 3. The number of hydrogen-bond acceptors (Lipinski definition) is 7. The number of anilines is 1. The van der Waals surface area contributed by atoms with E-state index < -0.39 is 11.7 Å². The molecule has 0 atom stereocenters. The molecule has 1 N–H and O–H groups in total. The van der Waals surface area contributed by atoms with Crippen LogP contribution >= 0.6 is 11.5 Å². The predicted octanol–water partition coefficient (Wildman–Crippen LogP) is 5.33. The van der Waals surface area contributed by atoms with Gasteiger partial charge in [-0.15, -0.1) is 0 Å². The van der Waals surface area contributed by atoms with Crippen LogP contribution in [0.2, 0.25) is 0 Å². The molecule has 3 aromatic carbocycles. The Bertz CT molecular complexity index is 1280. The number of aromatic nitrogens is 2. The molecule has 0 saturated carbocycles. The number of rotatable bonds is 8. The quantitative estimate of drug-likeness (QED) is 0.379. The summed E-state index contributed by atoms with van der Waals surface area (Å²) in [5.74, 6) is 1.06. The summed E-state index contributed by atoms with van der Waals surface area (Å²) >= 11 is 1.09. The van der Waals surface area contributed by atoms with Crippen molar-refractivity contribution in [2.24, 2.45) is 0 Å². The SMILES string of the molecule is COc1cccc(Cc2nsc(Oc3cc(C(=O)Nc4ccccc4F)ccc3OC)n2)c1. The number of amides is 1. The van der Waals surface area contributed by atoms with Crippen molar-refractivity contribution in [3.63, 3.8) is 0 Å². The molecule has 0 saturated heterocycles. The van der Waals surface area contributed by atoms with Crippen molar-refractivity contribution < 1.29 is 23.4 Å². The number of benzene rings is 3. The Kier molecular flexibility index (Phi) is 6.80. The van der Waals surface area contributed by atoms with Crippen LogP contribution < -0.4 is 19.5 Å². The van der Waals surface area contributed by atoms with Crippen molar-refractivity contribution in [3.8, 4) is 22.4 Å². The van der Waals surface area contributed by atoms with Gasteiger partial charge in [0.1, 0.15) is 11.6 Å². The van der Waals surface area contributed by atoms with Crippen LogP contribution in [-0.4, -0.2) is 29.5 Å². The highest BCUT2D eigenvalue weighted by Crippen LogP contribution is 2.33. The Morgan fingerprint density at radius 2 is 1.85 bits per heavy atom. The monoisotopic (exact) mass is 465 g/mol. The van der Waals surface area contributed by atoms with Crippen LogP contribution in [0.5, 0.6) is 22.4 Å². The van der Waals surface area contributed by atoms with Gasteiger partial charge in [-0.25, -0.2) is 4.39 Å². The Balaban J connectivity index is 1.50. The van der Waals surface area contributed by atoms with Gasteiger partial charge in [-0.05, 0) is 48.0 Å². The van der Waals surface area contributed by atoms with E-state index in [1.165, 1.54) is 25.3 Å². The first-order valence-electron chi connectivity index (χ1n) is 9.93. The minimum Gasteiger partial charge on any atom is -0.497 e. The summed E-state index contributed by atoms with van der Waals surface area (Å²) in [6.07, 6.45) is 0.513. The van der Waals surface area contributed by atoms with E-state index in [9.17, 15) is 9.18 Å². The lowest BCUT2D eigenvalue weighted by molar-refractivity contribution is 0.102. The number of carbonyl (C=O) groups excluding carboxylic acids is 1. The molecule has 9 heteroatoms. The second kappa shape index (κ2) is 10.1. The largest absolute Gasteiger partial charge is 0.497 e. The van der Waals surface area contributed by atoms with E-state index in [1.54, 1.807) is 31.4 Å². The topological polar surface area (TPSA) is 82.6 Å². The van der Waals surface area contributed by atoms with E-state index in [0.29, 0.717) is 28.9 Å². The number of nitrogens with zero attached hydrogens (tertiary/aromatic N) is 2. The maximum Gasteiger partial charge on any atom is 0.298 e. The van der Waals surface area contributed by atoms with E-state index >= 15 is 0 Å². The summed E-state index contributed by atoms with van der Waals surface area (Å²) in [6, 6.07) is 18.3. The number of methoxy groups -OCH3 is 2. The summed E-state index contributed by atoms with van der Waals surface area (Å²) in [6.45, 7) is 0. The van der Waals surface area contributed by atoms with Gasteiger partial charge in [0, 0.05) is 23.5 Å². The van der Waals surface area contributed by atoms with Gasteiger partial charge in [0.2, 0.25) is 0 Å². The van der Waals surface area contributed by atoms with Crippen LogP contribution in [0.4, 0.5) is 10.1 Å². The third kappa shape index (κ3) is 5.45. The van der Waals surface area contributed by atoms with E-state index in [-0.39, 0.29) is 11.3 Å². The third-order valence-corrected chi connectivity index (χ3v) is 5.32. The second-order valence-corrected chi connectivity index (χ2v) is 7.62. The van der Waals surface area contributed by atoms with Gasteiger partial charge in [0.15, 0.2) is 17.3 Å². The molecule has 168 valence electrons. The molecule has 0 fully saturated rings. The Hall–Kier alpha value is -3.98. The molecule has 0 aliphatic heterocycles. The molecule has 0 radical (unpaired) electrons. The molecule has 1 heterocycles. The van der Waals surface area contributed by atoms with Gasteiger partial charge in [0.05, 0.1) is 19.9 Å². The number of nitrogens with one attached hydrogen (secondary N) is 1. The highest BCUT2D eigenvalue weighted by molar-refractivity contribution is 7.07. The molecule has 0 unspecified atom stereocenters. The van der Waals surface area contributed by atoms with Gasteiger partial charge >= 0.3 is 0 Å². The molecule has 0 spiro atoms. The van der Waals surface area contributed by atoms with Crippen LogP contribution in [0.3, 0.4) is 0 Å². The zero-order valence-corrected chi connectivity index (χ0v) is 18.7. The van der Waals surface area contributed by atoms with Crippen molar-refractivity contribution in [2.45, 2.75) is 6.42 Å². The first-order chi connectivity index (χ1) is 16.1. The van der Waals surface area contributed by atoms with Crippen molar-refractivity contribution in [1.82, 2.24) is 9.36 Å². The molecule has 4 rings (SSSR count). The lowest BCUT2D eigenvalue weighted by atomic mass is 10.1. The third-order valence-electron chi connectivity index (χ3n) is 4.69. The normalized spacial score (nSPS) is 10.5. The molecule has 7 nitrogen and oxygen atoms in total. The van der Waals surface area contributed by atoms with Crippen LogP contribution in [0.25, 0.3) is 0 Å². The molecular formula is C24H20FN3O4S. The van der Waals surface area contributed by atoms with Gasteiger partial charge < -0.3 is 19.5 Å². The molecule has 0 aliphatic carbocycles. The number of halogens is 1. The van der Waals surface area contributed by atoms with Gasteiger partial charge in [-0.2, -0.15) is 9.36 Å². The van der Waals surface area contributed by atoms with Crippen molar-refractivity contribution in [1.29, 1.82) is 0 Å². The van der Waals surface area contributed by atoms with Crippen molar-refractivity contribution >= 4 is 23.1 Å². The zero-order valence-electron chi connectivity index (χ0n) is 17.9. The molecular weight excluding hydrogens is 445 g/mol. The smallest absolute Gasteiger partial charge is 0.298 e. The minimum absolute atomic E-state index is 0.0899. The van der Waals surface area contributed by atoms with Crippen LogP contribution in [0.15, 0.2) is 66.7 Å². The predicted molar refractivity (Wildman–Crippen MR) is 123 cm³/mol. The minimum atomic E-state index is -0.520. The first-order valence-corrected chi connectivity index (χ1v) is 10.7. The Morgan fingerprint density at radius 1 is 1.00 bits per heavy atom. The summed E-state index contributed by atoms with van der Waals surface area (Å²) < 4.78 is 34.7. The molecule has 1 amide bonds. The number of carbonyl (C=O) groups is 1. The molecule has 0 bridgehead atoms. The summed E-state index contributed by atoms with van der Waals surface area (Å²) in [4.78, 5) is 17.0. The van der Waals surface area contributed by atoms with E-state index in [0.717, 1.165) is 22.8 Å². The standard InChI is InChI=1S/C24H20FN3O4S/c1-30-17-7-5-6-15(12-17)13-22-27-24(33-28-22)32-21-14-16(10-11-20(21)31-2)23(29)26-19-9-4-3-8-18(19)25/h3-12,14H,13H2,1-2H3,(H,26,29). The zero-order chi connectivity index (χ0) is 23.2. The average molecular weight is 466 g/mol. The van der Waals surface area contributed by atoms with Gasteiger partial charge in [-0.1, -0.05) is 24.3 Å². The lowest BCUT2D eigenvalue weighted by Crippen LogP contribution is -2.13.